The zero-order valence-corrected chi connectivity index (χ0v) is 51.0. The lowest BCUT2D eigenvalue weighted by molar-refractivity contribution is -0.457. The van der Waals surface area contributed by atoms with Gasteiger partial charge in [0.15, 0.2) is 37.0 Å². The molecular weight excluding hydrogens is 1190 g/mol. The molecule has 31 nitrogen and oxygen atoms in total. The van der Waals surface area contributed by atoms with Gasteiger partial charge >= 0.3 is 35.8 Å². The standard InChI is InChI=1S/C59H75N9O22/c1-30-21-67-25-34(54(74)65-58(67)75)17-18-38(70)63-42-46(80-5)44(78-3)36(87-55(42)83-8)27-85-57-50(82-7)48-45(79-4)37(88-57)28-84-56-49(81-6)47(43(77-2)35(26-69)86-56)89-39(71)15-11-9-13-32-23-66(52-41(32)51(60)61-29-62-52)20-19-31(30)22-68-24-33(53(73)64-59(68)76)14-10-12-16-40(72)90-48/h17-18,23-25,29-31,33-37,42-50,55-57,69H,11-12,15-16,19-22,26-28H2,1-8H3,(H3-2,60,61,62,63,64,65,70,73,74,75,76)/p+2/b18-17+/t30?,31?,33?,34?,35?,36?,37?,42?,43-,44-,45-,46-,47+,48+,49?,50?,55+,56?,57?/m1/s1. The Hall–Kier alpha value is -7.21. The zero-order valence-electron chi connectivity index (χ0n) is 51.0. The van der Waals surface area contributed by atoms with Gasteiger partial charge in [0.2, 0.25) is 5.91 Å². The van der Waals surface area contributed by atoms with Gasteiger partial charge in [-0.3, -0.25) is 14.4 Å². The Labute approximate surface area is 517 Å². The Morgan fingerprint density at radius 3 is 1.97 bits per heavy atom. The van der Waals surface area contributed by atoms with Crippen molar-refractivity contribution < 1.29 is 114 Å². The van der Waals surface area contributed by atoms with Gasteiger partial charge in [0.05, 0.1) is 69.1 Å². The number of hydrogen-bond acceptors (Lipinski definition) is 25. The number of aryl methyl sites for hydroxylation is 1. The zero-order chi connectivity index (χ0) is 64.3. The Bertz CT molecular complexity index is 3210. The van der Waals surface area contributed by atoms with Crippen molar-refractivity contribution in [2.75, 3.05) is 88.4 Å². The van der Waals surface area contributed by atoms with Crippen molar-refractivity contribution in [2.45, 2.75) is 138 Å². The number of nitrogens with two attached hydrogens (primary N) is 1. The summed E-state index contributed by atoms with van der Waals surface area (Å²) in [5.41, 5.74) is 7.33. The van der Waals surface area contributed by atoms with Crippen LogP contribution in [0.2, 0.25) is 0 Å². The number of esters is 2. The molecule has 31 heteroatoms. The lowest BCUT2D eigenvalue weighted by Gasteiger charge is -2.47. The molecule has 0 aromatic carbocycles. The first-order valence-corrected chi connectivity index (χ1v) is 29.3. The summed E-state index contributed by atoms with van der Waals surface area (Å²) in [5.74, 6) is 5.23. The molecule has 7 amide bonds. The van der Waals surface area contributed by atoms with Gasteiger partial charge in [0.25, 0.3) is 0 Å². The van der Waals surface area contributed by atoms with Gasteiger partial charge in [0.1, 0.15) is 84.7 Å². The molecule has 8 aliphatic rings. The van der Waals surface area contributed by atoms with E-state index in [4.69, 9.17) is 72.0 Å². The van der Waals surface area contributed by atoms with E-state index >= 15 is 0 Å². The topological polar surface area (TPSA) is 368 Å². The van der Waals surface area contributed by atoms with Gasteiger partial charge in [-0.25, -0.2) is 24.1 Å². The predicted molar refractivity (Wildman–Crippen MR) is 306 cm³/mol. The number of rotatable bonds is 8. The average Bonchev–Trinajstić information content (AvgIpc) is 1.14. The first-order chi connectivity index (χ1) is 43.4. The van der Waals surface area contributed by atoms with E-state index in [2.05, 4.69) is 49.6 Å². The summed E-state index contributed by atoms with van der Waals surface area (Å²) in [6.07, 6.45) is -8.49. The lowest BCUT2D eigenvalue weighted by atomic mass is 9.89. The van der Waals surface area contributed by atoms with Gasteiger partial charge in [0, 0.05) is 93.3 Å². The number of aromatic nitrogens is 3. The summed E-state index contributed by atoms with van der Waals surface area (Å²) in [6, 6.07) is -2.51. The van der Waals surface area contributed by atoms with Gasteiger partial charge in [-0.2, -0.15) is 24.8 Å². The number of aliphatic hydroxyl groups excluding tert-OH is 1. The number of nitrogens with one attached hydrogen (secondary N) is 3. The van der Waals surface area contributed by atoms with Crippen molar-refractivity contribution in [1.82, 2.24) is 30.5 Å². The van der Waals surface area contributed by atoms with Gasteiger partial charge in [-0.1, -0.05) is 30.8 Å². The number of fused-ring (bicyclic) bond motifs is 14. The molecular formula is C59H77N9O22+2. The minimum Gasteiger partial charge on any atom is -0.456 e. The van der Waals surface area contributed by atoms with Crippen LogP contribution >= 0.6 is 0 Å². The monoisotopic (exact) mass is 1260 g/mol. The number of anilines is 1. The van der Waals surface area contributed by atoms with E-state index in [1.807, 2.05) is 11.5 Å². The number of nitrogen functional groups attached to an aromatic ring is 1. The van der Waals surface area contributed by atoms with Crippen LogP contribution in [0.25, 0.3) is 11.0 Å². The predicted octanol–water partition coefficient (Wildman–Crippen LogP) is -1.70. The number of nitrogens with zero attached hydrogens (tertiary/aromatic N) is 5. The number of ether oxygens (including phenoxy) is 14. The van der Waals surface area contributed by atoms with E-state index in [1.54, 1.807) is 6.20 Å². The average molecular weight is 1260 g/mol. The fraction of sp³-hybridized carbons (Fsp3) is 0.644. The number of carbonyl (C=O) groups excluding carboxylic acids is 7. The summed E-state index contributed by atoms with van der Waals surface area (Å²) in [5, 5.41) is 18.7. The molecule has 2 aromatic heterocycles. The minimum absolute atomic E-state index is 0.00370. The van der Waals surface area contributed by atoms with E-state index in [0.717, 1.165) is 6.08 Å². The van der Waals surface area contributed by atoms with Crippen LogP contribution in [0.4, 0.5) is 15.4 Å². The van der Waals surface area contributed by atoms with E-state index in [1.165, 1.54) is 83.8 Å². The maximum Gasteiger partial charge on any atom is 0.498 e. The smallest absolute Gasteiger partial charge is 0.456 e. The normalized spacial score (nSPS) is 35.6. The highest BCUT2D eigenvalue weighted by molar-refractivity contribution is 6.06. The molecule has 0 spiro atoms. The SMILES string of the molecule is COC1C2OCC3OC4OCC5O[C@H](OC)C(NC(=O)/C=C/C6C=[N+](CC(C)C(CCn7cc(c8c(N)ncnc87)C#CCCC(=O)O[C@H]1[C@H](OC)C(CO)O2)C[N+]1=CC(C#CCCC(=O)O[C@H](C4OC)[C@@H]3OC)C(=O)NC1=O)C(=O)NC6=O)[C@@H](OC)[C@@H]5OC. The van der Waals surface area contributed by atoms with Crippen molar-refractivity contribution in [3.63, 3.8) is 0 Å². The molecule has 14 bridgehead atoms. The van der Waals surface area contributed by atoms with Crippen LogP contribution in [0.15, 0.2) is 24.7 Å². The first kappa shape index (κ1) is 67.2. The molecule has 2 aromatic rings. The van der Waals surface area contributed by atoms with Crippen molar-refractivity contribution in [1.29, 1.82) is 0 Å². The summed E-state index contributed by atoms with van der Waals surface area (Å²) in [7, 11) is 9.56. The van der Waals surface area contributed by atoms with Crippen LogP contribution in [0.5, 0.6) is 0 Å². The molecule has 19 atom stereocenters. The summed E-state index contributed by atoms with van der Waals surface area (Å²) >= 11 is 0. The van der Waals surface area contributed by atoms with Crippen molar-refractivity contribution in [3.05, 3.63) is 30.2 Å². The number of methoxy groups -OCH3 is 7. The highest BCUT2D eigenvalue weighted by Crippen LogP contribution is 2.35. The van der Waals surface area contributed by atoms with E-state index < -0.39 is 171 Å². The van der Waals surface area contributed by atoms with Crippen molar-refractivity contribution in [3.8, 4) is 23.7 Å². The Morgan fingerprint density at radius 1 is 0.711 bits per heavy atom. The van der Waals surface area contributed by atoms with Crippen molar-refractivity contribution in [2.24, 2.45) is 23.7 Å². The van der Waals surface area contributed by atoms with Crippen LogP contribution in [-0.4, -0.2) is 258 Å². The summed E-state index contributed by atoms with van der Waals surface area (Å²) in [6.45, 7) is 0.720. The first-order valence-electron chi connectivity index (χ1n) is 29.3. The number of amides is 7. The molecule has 8 aliphatic heterocycles. The Morgan fingerprint density at radius 2 is 1.32 bits per heavy atom. The number of aliphatic hydroxyl groups is 1. The number of urea groups is 2. The van der Waals surface area contributed by atoms with Crippen LogP contribution < -0.4 is 21.7 Å². The summed E-state index contributed by atoms with van der Waals surface area (Å²) in [4.78, 5) is 105. The largest absolute Gasteiger partial charge is 0.498 e. The Balaban J connectivity index is 1.15. The van der Waals surface area contributed by atoms with Crippen LogP contribution in [0.3, 0.4) is 0 Å². The third kappa shape index (κ3) is 15.1. The molecule has 10 rings (SSSR count). The molecule has 90 heavy (non-hydrogen) atoms. The third-order valence-corrected chi connectivity index (χ3v) is 16.8. The fourth-order valence-electron chi connectivity index (χ4n) is 12.1. The third-order valence-electron chi connectivity index (χ3n) is 16.8. The molecule has 6 N–H and O–H groups in total. The molecule has 0 aliphatic carbocycles. The minimum atomic E-state index is -1.41. The molecule has 10 heterocycles. The number of carbonyl (C=O) groups is 7. The molecule has 3 saturated heterocycles. The molecule has 12 unspecified atom stereocenters. The highest BCUT2D eigenvalue weighted by atomic mass is 16.8. The second-order valence-corrected chi connectivity index (χ2v) is 22.3. The molecule has 488 valence electrons. The number of imide groups is 2. The molecule has 0 saturated carbocycles. The lowest BCUT2D eigenvalue weighted by Crippen LogP contribution is -2.66. The van der Waals surface area contributed by atoms with E-state index in [0.29, 0.717) is 23.0 Å². The van der Waals surface area contributed by atoms with E-state index in [9.17, 15) is 38.7 Å². The molecule has 3 fully saturated rings. The number of hydrogen-bond donors (Lipinski definition) is 5. The fourth-order valence-corrected chi connectivity index (χ4v) is 12.1. The van der Waals surface area contributed by atoms with Crippen LogP contribution in [0.1, 0.15) is 44.6 Å². The maximum absolute atomic E-state index is 14.1. The van der Waals surface area contributed by atoms with Gasteiger partial charge in [-0.05, 0) is 6.42 Å². The van der Waals surface area contributed by atoms with E-state index in [-0.39, 0.29) is 57.7 Å². The van der Waals surface area contributed by atoms with Crippen LogP contribution in [-0.2, 0) is 96.8 Å². The second-order valence-electron chi connectivity index (χ2n) is 22.3. The highest BCUT2D eigenvalue weighted by Gasteiger charge is 2.54. The summed E-state index contributed by atoms with van der Waals surface area (Å²) < 4.78 is 90.3. The maximum atomic E-state index is 14.1. The quantitative estimate of drug-likeness (QED) is 0.112. The Kier molecular flexibility index (Phi) is 22.9. The second kappa shape index (κ2) is 30.7. The van der Waals surface area contributed by atoms with Gasteiger partial charge in [-0.15, -0.1) is 5.92 Å². The van der Waals surface area contributed by atoms with Crippen molar-refractivity contribution >= 4 is 71.0 Å². The van der Waals surface area contributed by atoms with Crippen LogP contribution in [0, 0.1) is 47.4 Å². The molecule has 0 radical (unpaired) electrons. The van der Waals surface area contributed by atoms with Gasteiger partial charge < -0.3 is 87.0 Å².